The summed E-state index contributed by atoms with van der Waals surface area (Å²) in [4.78, 5) is 29.8. The fraction of sp³-hybridized carbons (Fsp3) is 0.429. The molecule has 210 valence electrons. The highest BCUT2D eigenvalue weighted by Crippen LogP contribution is 2.26. The molecule has 0 bridgehead atoms. The lowest BCUT2D eigenvalue weighted by molar-refractivity contribution is 0.0969. The zero-order valence-corrected chi connectivity index (χ0v) is 23.9. The Balaban J connectivity index is 1.06. The first-order chi connectivity index (χ1) is 19.5. The summed E-state index contributed by atoms with van der Waals surface area (Å²) in [5.74, 6) is 0.593. The summed E-state index contributed by atoms with van der Waals surface area (Å²) in [6.45, 7) is 8.10. The van der Waals surface area contributed by atoms with Crippen LogP contribution in [0.5, 0.6) is 0 Å². The maximum Gasteiger partial charge on any atom is 0.249 e. The van der Waals surface area contributed by atoms with E-state index in [-0.39, 0.29) is 11.7 Å². The number of aryl methyl sites for hydroxylation is 1. The number of carbonyl (C=O) groups excluding carboxylic acids is 2. The minimum absolute atomic E-state index is 0.282. The van der Waals surface area contributed by atoms with Crippen molar-refractivity contribution in [2.75, 3.05) is 26.2 Å². The average molecular weight is 538 g/mol. The Morgan fingerprint density at radius 1 is 0.800 bits per heavy atom. The van der Waals surface area contributed by atoms with Crippen LogP contribution in [0.25, 0.3) is 0 Å². The number of carbonyl (C=O) groups is 2. The number of hydrogen-bond donors (Lipinski definition) is 1. The third-order valence-corrected chi connectivity index (χ3v) is 8.98. The predicted octanol–water partition coefficient (Wildman–Crippen LogP) is 5.96. The molecule has 2 N–H and O–H groups in total. The van der Waals surface area contributed by atoms with Crippen LogP contribution >= 0.6 is 0 Å². The lowest BCUT2D eigenvalue weighted by Crippen LogP contribution is -2.34. The molecule has 0 spiro atoms. The van der Waals surface area contributed by atoms with E-state index in [0.717, 1.165) is 88.9 Å². The molecule has 1 saturated heterocycles. The Hall–Kier alpha value is -3.28. The van der Waals surface area contributed by atoms with Gasteiger partial charge in [0.25, 0.3) is 0 Å². The quantitative estimate of drug-likeness (QED) is 0.324. The second-order valence-corrected chi connectivity index (χ2v) is 11.7. The molecular weight excluding hydrogens is 494 g/mol. The Morgan fingerprint density at radius 2 is 1.45 bits per heavy atom. The molecule has 0 saturated carbocycles. The predicted molar refractivity (Wildman–Crippen MR) is 161 cm³/mol. The maximum absolute atomic E-state index is 13.1. The van der Waals surface area contributed by atoms with Crippen molar-refractivity contribution in [3.05, 3.63) is 106 Å². The van der Waals surface area contributed by atoms with Crippen LogP contribution in [0.1, 0.15) is 80.6 Å². The van der Waals surface area contributed by atoms with E-state index in [9.17, 15) is 9.59 Å². The number of ketones is 1. The molecule has 0 aromatic heterocycles. The largest absolute Gasteiger partial charge is 0.366 e. The number of nitrogens with two attached hydrogens (primary N) is 1. The van der Waals surface area contributed by atoms with Crippen LogP contribution in [0, 0.1) is 12.8 Å². The highest BCUT2D eigenvalue weighted by molar-refractivity contribution is 5.96. The Morgan fingerprint density at radius 3 is 2.20 bits per heavy atom. The molecule has 3 aromatic carbocycles. The lowest BCUT2D eigenvalue weighted by atomic mass is 9.90. The number of likely N-dealkylation sites (tertiary alicyclic amines) is 1. The fourth-order valence-corrected chi connectivity index (χ4v) is 6.40. The first-order valence-electron chi connectivity index (χ1n) is 15.0. The first-order valence-corrected chi connectivity index (χ1v) is 15.0. The summed E-state index contributed by atoms with van der Waals surface area (Å²) in [7, 11) is 0. The summed E-state index contributed by atoms with van der Waals surface area (Å²) in [5, 5.41) is 0. The van der Waals surface area contributed by atoms with Gasteiger partial charge in [-0.2, -0.15) is 0 Å². The number of piperidine rings is 1. The topological polar surface area (TPSA) is 66.6 Å². The third kappa shape index (κ3) is 7.26. The smallest absolute Gasteiger partial charge is 0.249 e. The van der Waals surface area contributed by atoms with Crippen LogP contribution < -0.4 is 5.73 Å². The van der Waals surface area contributed by atoms with Crippen LogP contribution in [0.4, 0.5) is 0 Å². The van der Waals surface area contributed by atoms with E-state index in [1.54, 1.807) is 0 Å². The maximum atomic E-state index is 13.1. The summed E-state index contributed by atoms with van der Waals surface area (Å²) < 4.78 is 0. The number of hydrogen-bond acceptors (Lipinski definition) is 4. The number of amides is 1. The van der Waals surface area contributed by atoms with Crippen molar-refractivity contribution in [1.82, 2.24) is 9.80 Å². The molecule has 5 nitrogen and oxygen atoms in total. The van der Waals surface area contributed by atoms with Crippen molar-refractivity contribution in [2.24, 2.45) is 11.7 Å². The highest BCUT2D eigenvalue weighted by Gasteiger charge is 2.21. The molecule has 3 aromatic rings. The summed E-state index contributed by atoms with van der Waals surface area (Å²) in [6.07, 6.45) is 7.03. The molecule has 0 unspecified atom stereocenters. The van der Waals surface area contributed by atoms with Crippen LogP contribution in [0.3, 0.4) is 0 Å². The van der Waals surface area contributed by atoms with Crippen molar-refractivity contribution >= 4 is 11.7 Å². The monoisotopic (exact) mass is 537 g/mol. The average Bonchev–Trinajstić information content (AvgIpc) is 3.17. The number of primary amides is 1. The van der Waals surface area contributed by atoms with Gasteiger partial charge in [-0.3, -0.25) is 19.4 Å². The van der Waals surface area contributed by atoms with Gasteiger partial charge >= 0.3 is 0 Å². The van der Waals surface area contributed by atoms with Crippen molar-refractivity contribution < 1.29 is 9.59 Å². The van der Waals surface area contributed by atoms with Gasteiger partial charge in [-0.05, 0) is 104 Å². The van der Waals surface area contributed by atoms with Crippen LogP contribution in [0.2, 0.25) is 0 Å². The zero-order valence-electron chi connectivity index (χ0n) is 23.9. The zero-order chi connectivity index (χ0) is 27.9. The second kappa shape index (κ2) is 13.4. The van der Waals surface area contributed by atoms with Crippen LogP contribution in [-0.2, 0) is 25.9 Å². The molecular formula is C35H43N3O2. The van der Waals surface area contributed by atoms with E-state index in [1.807, 2.05) is 24.3 Å². The van der Waals surface area contributed by atoms with E-state index in [2.05, 4.69) is 59.2 Å². The lowest BCUT2D eigenvalue weighted by Gasteiger charge is -2.32. The Kier molecular flexibility index (Phi) is 9.45. The highest BCUT2D eigenvalue weighted by atomic mass is 16.1. The number of benzene rings is 3. The van der Waals surface area contributed by atoms with Crippen LogP contribution in [0.15, 0.2) is 66.7 Å². The molecule has 1 amide bonds. The van der Waals surface area contributed by atoms with Gasteiger partial charge < -0.3 is 5.73 Å². The minimum atomic E-state index is -0.357. The van der Waals surface area contributed by atoms with Gasteiger partial charge in [0.2, 0.25) is 5.91 Å². The number of Topliss-reactive ketones (excluding diaryl/α,β-unsaturated/α-hetero) is 1. The molecule has 5 rings (SSSR count). The SMILES string of the molecule is Cc1ccccc1CN1CCc2ccc(C(=O)CCCC3CCN(Cc4ccccc4C(N)=O)CC3)cc2CC1. The van der Waals surface area contributed by atoms with Gasteiger partial charge in [0.15, 0.2) is 5.78 Å². The normalized spacial score (nSPS) is 16.8. The molecule has 2 aliphatic rings. The molecule has 1 fully saturated rings. The standard InChI is InChI=1S/C35H43N3O2/c1-26-7-2-3-9-31(26)24-38-21-17-28-13-14-30(23-29(28)18-22-38)34(39)12-6-8-27-15-19-37(20-16-27)25-32-10-4-5-11-33(32)35(36)40/h2-5,7,9-11,13-14,23,27H,6,8,12,15-22,24-25H2,1H3,(H2,36,40). The van der Waals surface area contributed by atoms with Gasteiger partial charge in [0.05, 0.1) is 0 Å². The summed E-state index contributed by atoms with van der Waals surface area (Å²) in [5.41, 5.74) is 13.6. The number of rotatable bonds is 10. The molecule has 0 radical (unpaired) electrons. The number of fused-ring (bicyclic) bond motifs is 1. The molecule has 40 heavy (non-hydrogen) atoms. The van der Waals surface area contributed by atoms with E-state index >= 15 is 0 Å². The first kappa shape index (κ1) is 28.3. The fourth-order valence-electron chi connectivity index (χ4n) is 6.40. The van der Waals surface area contributed by atoms with Crippen molar-refractivity contribution in [2.45, 2.75) is 65.0 Å². The van der Waals surface area contributed by atoms with E-state index in [0.29, 0.717) is 17.9 Å². The van der Waals surface area contributed by atoms with E-state index < -0.39 is 0 Å². The van der Waals surface area contributed by atoms with Gasteiger partial charge in [-0.25, -0.2) is 0 Å². The van der Waals surface area contributed by atoms with E-state index in [4.69, 9.17) is 5.73 Å². The van der Waals surface area contributed by atoms with Crippen molar-refractivity contribution in [3.63, 3.8) is 0 Å². The van der Waals surface area contributed by atoms with E-state index in [1.165, 1.54) is 22.3 Å². The van der Waals surface area contributed by atoms with Gasteiger partial charge in [0, 0.05) is 43.7 Å². The summed E-state index contributed by atoms with van der Waals surface area (Å²) >= 11 is 0. The number of nitrogens with zero attached hydrogens (tertiary/aromatic N) is 2. The molecule has 2 aliphatic heterocycles. The second-order valence-electron chi connectivity index (χ2n) is 11.7. The minimum Gasteiger partial charge on any atom is -0.366 e. The van der Waals surface area contributed by atoms with Crippen molar-refractivity contribution in [3.8, 4) is 0 Å². The van der Waals surface area contributed by atoms with Gasteiger partial charge in [0.1, 0.15) is 0 Å². The van der Waals surface area contributed by atoms with Crippen LogP contribution in [-0.4, -0.2) is 47.7 Å². The van der Waals surface area contributed by atoms with Gasteiger partial charge in [-0.1, -0.05) is 54.6 Å². The van der Waals surface area contributed by atoms with Crippen molar-refractivity contribution in [1.29, 1.82) is 0 Å². The molecule has 0 atom stereocenters. The summed E-state index contributed by atoms with van der Waals surface area (Å²) in [6, 6.07) is 22.7. The third-order valence-electron chi connectivity index (χ3n) is 8.98. The molecule has 2 heterocycles. The Labute approximate surface area is 239 Å². The van der Waals surface area contributed by atoms with Gasteiger partial charge in [-0.15, -0.1) is 0 Å². The molecule has 0 aliphatic carbocycles. The molecule has 5 heteroatoms. The Bertz CT molecular complexity index is 1330.